The lowest BCUT2D eigenvalue weighted by molar-refractivity contribution is 0.313. The molecule has 19 heavy (non-hydrogen) atoms. The lowest BCUT2D eigenvalue weighted by Crippen LogP contribution is -2.20. The van der Waals surface area contributed by atoms with Crippen molar-refractivity contribution in [2.24, 2.45) is 0 Å². The molecule has 0 saturated heterocycles. The molecular weight excluding hydrogens is 265 g/mol. The van der Waals surface area contributed by atoms with E-state index in [1.165, 1.54) is 6.07 Å². The normalized spacial score (nSPS) is 10.4. The van der Waals surface area contributed by atoms with Crippen LogP contribution < -0.4 is 10.1 Å². The lowest BCUT2D eigenvalue weighted by atomic mass is 10.2. The van der Waals surface area contributed by atoms with E-state index in [1.807, 2.05) is 30.3 Å². The minimum atomic E-state index is -0.387. The van der Waals surface area contributed by atoms with Crippen LogP contribution in [-0.2, 0) is 6.54 Å². The topological polar surface area (TPSA) is 21.3 Å². The van der Waals surface area contributed by atoms with Crippen LogP contribution in [-0.4, -0.2) is 13.2 Å². The van der Waals surface area contributed by atoms with Gasteiger partial charge in [-0.3, -0.25) is 0 Å². The first-order valence-electron chi connectivity index (χ1n) is 6.08. The third kappa shape index (κ3) is 4.54. The average molecular weight is 280 g/mol. The predicted octanol–water partition coefficient (Wildman–Crippen LogP) is 3.65. The largest absolute Gasteiger partial charge is 0.492 e. The number of hydrogen-bond acceptors (Lipinski definition) is 2. The minimum absolute atomic E-state index is 0.149. The van der Waals surface area contributed by atoms with E-state index in [4.69, 9.17) is 16.3 Å². The molecule has 0 saturated carbocycles. The van der Waals surface area contributed by atoms with Crippen LogP contribution in [0.25, 0.3) is 0 Å². The number of rotatable bonds is 6. The van der Waals surface area contributed by atoms with E-state index in [0.29, 0.717) is 19.7 Å². The summed E-state index contributed by atoms with van der Waals surface area (Å²) < 4.78 is 18.7. The van der Waals surface area contributed by atoms with Crippen molar-refractivity contribution < 1.29 is 9.13 Å². The van der Waals surface area contributed by atoms with Crippen LogP contribution in [0.4, 0.5) is 4.39 Å². The van der Waals surface area contributed by atoms with Gasteiger partial charge < -0.3 is 10.1 Å². The van der Waals surface area contributed by atoms with Crippen molar-refractivity contribution in [3.05, 3.63) is 64.9 Å². The summed E-state index contributed by atoms with van der Waals surface area (Å²) in [5, 5.41) is 3.33. The fourth-order valence-electron chi connectivity index (χ4n) is 1.64. The van der Waals surface area contributed by atoms with Crippen LogP contribution >= 0.6 is 11.6 Å². The Morgan fingerprint density at radius 3 is 2.63 bits per heavy atom. The van der Waals surface area contributed by atoms with E-state index in [1.54, 1.807) is 12.1 Å². The van der Waals surface area contributed by atoms with Crippen molar-refractivity contribution in [1.82, 2.24) is 5.32 Å². The highest BCUT2D eigenvalue weighted by atomic mass is 35.5. The summed E-state index contributed by atoms with van der Waals surface area (Å²) in [7, 11) is 0. The molecule has 0 unspecified atom stereocenters. The molecule has 0 aliphatic carbocycles. The number of para-hydroxylation sites is 1. The number of ether oxygens (including phenoxy) is 1. The third-order valence-electron chi connectivity index (χ3n) is 2.60. The first kappa shape index (κ1) is 13.8. The van der Waals surface area contributed by atoms with Crippen LogP contribution in [0.3, 0.4) is 0 Å². The van der Waals surface area contributed by atoms with Gasteiger partial charge in [0, 0.05) is 13.1 Å². The summed E-state index contributed by atoms with van der Waals surface area (Å²) in [4.78, 5) is 0. The van der Waals surface area contributed by atoms with Crippen molar-refractivity contribution in [3.63, 3.8) is 0 Å². The fourth-order valence-corrected chi connectivity index (χ4v) is 1.76. The van der Waals surface area contributed by atoms with Crippen molar-refractivity contribution in [3.8, 4) is 5.75 Å². The van der Waals surface area contributed by atoms with E-state index < -0.39 is 0 Å². The van der Waals surface area contributed by atoms with Crippen molar-refractivity contribution >= 4 is 11.6 Å². The highest BCUT2D eigenvalue weighted by molar-refractivity contribution is 6.30. The summed E-state index contributed by atoms with van der Waals surface area (Å²) >= 11 is 5.62. The van der Waals surface area contributed by atoms with Gasteiger partial charge in [0.05, 0.1) is 5.02 Å². The third-order valence-corrected chi connectivity index (χ3v) is 2.91. The Kier molecular flexibility index (Phi) is 5.19. The summed E-state index contributed by atoms with van der Waals surface area (Å²) in [6, 6.07) is 14.4. The maximum absolute atomic E-state index is 13.2. The Balaban J connectivity index is 1.68. The van der Waals surface area contributed by atoms with Gasteiger partial charge in [-0.2, -0.15) is 0 Å². The van der Waals surface area contributed by atoms with Gasteiger partial charge in [0.2, 0.25) is 0 Å². The molecule has 0 bridgehead atoms. The summed E-state index contributed by atoms with van der Waals surface area (Å²) in [6.45, 7) is 1.85. The molecule has 100 valence electrons. The SMILES string of the molecule is Fc1cc(CNCCOc2ccccc2)ccc1Cl. The van der Waals surface area contributed by atoms with Gasteiger partial charge in [0.15, 0.2) is 0 Å². The van der Waals surface area contributed by atoms with E-state index in [0.717, 1.165) is 11.3 Å². The van der Waals surface area contributed by atoms with E-state index in [-0.39, 0.29) is 10.8 Å². The summed E-state index contributed by atoms with van der Waals surface area (Å²) in [5.41, 5.74) is 0.863. The van der Waals surface area contributed by atoms with Gasteiger partial charge in [0.25, 0.3) is 0 Å². The summed E-state index contributed by atoms with van der Waals surface area (Å²) in [6.07, 6.45) is 0. The Bertz CT molecular complexity index is 519. The van der Waals surface area contributed by atoms with Crippen LogP contribution in [0.5, 0.6) is 5.75 Å². The highest BCUT2D eigenvalue weighted by Gasteiger charge is 2.00. The molecule has 0 fully saturated rings. The first-order valence-corrected chi connectivity index (χ1v) is 6.46. The summed E-state index contributed by atoms with van der Waals surface area (Å²) in [5.74, 6) is 0.461. The van der Waals surface area contributed by atoms with Crippen molar-refractivity contribution in [2.45, 2.75) is 6.54 Å². The molecule has 2 nitrogen and oxygen atoms in total. The second kappa shape index (κ2) is 7.12. The predicted molar refractivity (Wildman–Crippen MR) is 75.1 cm³/mol. The Hall–Kier alpha value is -1.58. The second-order valence-corrected chi connectivity index (χ2v) is 4.49. The average Bonchev–Trinajstić information content (AvgIpc) is 2.43. The van der Waals surface area contributed by atoms with Gasteiger partial charge in [-0.25, -0.2) is 4.39 Å². The van der Waals surface area contributed by atoms with Crippen molar-refractivity contribution in [2.75, 3.05) is 13.2 Å². The molecule has 0 heterocycles. The van der Waals surface area contributed by atoms with Gasteiger partial charge in [-0.1, -0.05) is 35.9 Å². The lowest BCUT2D eigenvalue weighted by Gasteiger charge is -2.07. The smallest absolute Gasteiger partial charge is 0.142 e. The fraction of sp³-hybridized carbons (Fsp3) is 0.200. The standard InChI is InChI=1S/C15H15ClFNO/c16-14-7-6-12(10-15(14)17)11-18-8-9-19-13-4-2-1-3-5-13/h1-7,10,18H,8-9,11H2. The maximum Gasteiger partial charge on any atom is 0.142 e. The quantitative estimate of drug-likeness (QED) is 0.815. The Morgan fingerprint density at radius 2 is 1.89 bits per heavy atom. The molecule has 4 heteroatoms. The van der Waals surface area contributed by atoms with E-state index in [2.05, 4.69) is 5.32 Å². The first-order chi connectivity index (χ1) is 9.25. The molecule has 0 spiro atoms. The van der Waals surface area contributed by atoms with Crippen LogP contribution in [0, 0.1) is 5.82 Å². The van der Waals surface area contributed by atoms with Crippen molar-refractivity contribution in [1.29, 1.82) is 0 Å². The number of halogens is 2. The molecule has 0 atom stereocenters. The number of benzene rings is 2. The minimum Gasteiger partial charge on any atom is -0.492 e. The molecule has 0 aliphatic heterocycles. The number of hydrogen-bond donors (Lipinski definition) is 1. The van der Waals surface area contributed by atoms with Gasteiger partial charge in [-0.05, 0) is 29.8 Å². The van der Waals surface area contributed by atoms with Crippen LogP contribution in [0.15, 0.2) is 48.5 Å². The Labute approximate surface area is 117 Å². The molecule has 1 N–H and O–H groups in total. The highest BCUT2D eigenvalue weighted by Crippen LogP contribution is 2.15. The molecular formula is C15H15ClFNO. The molecule has 0 amide bonds. The van der Waals surface area contributed by atoms with Gasteiger partial charge in [0.1, 0.15) is 18.2 Å². The maximum atomic E-state index is 13.2. The molecule has 2 rings (SSSR count). The molecule has 2 aromatic rings. The molecule has 0 radical (unpaired) electrons. The van der Waals surface area contributed by atoms with E-state index in [9.17, 15) is 4.39 Å². The molecule has 2 aromatic carbocycles. The zero-order valence-corrected chi connectivity index (χ0v) is 11.2. The van der Waals surface area contributed by atoms with Crippen LogP contribution in [0.1, 0.15) is 5.56 Å². The van der Waals surface area contributed by atoms with Gasteiger partial charge in [-0.15, -0.1) is 0 Å². The molecule has 0 aliphatic rings. The monoisotopic (exact) mass is 279 g/mol. The molecule has 0 aromatic heterocycles. The number of nitrogens with one attached hydrogen (secondary N) is 1. The van der Waals surface area contributed by atoms with Gasteiger partial charge >= 0.3 is 0 Å². The Morgan fingerprint density at radius 1 is 1.11 bits per heavy atom. The second-order valence-electron chi connectivity index (χ2n) is 4.09. The van der Waals surface area contributed by atoms with Crippen LogP contribution in [0.2, 0.25) is 5.02 Å². The zero-order chi connectivity index (χ0) is 13.5. The zero-order valence-electron chi connectivity index (χ0n) is 10.4. The van der Waals surface area contributed by atoms with E-state index >= 15 is 0 Å².